The van der Waals surface area contributed by atoms with Crippen molar-refractivity contribution >= 4 is 11.9 Å². The van der Waals surface area contributed by atoms with Crippen LogP contribution in [0.1, 0.15) is 11.1 Å². The summed E-state index contributed by atoms with van der Waals surface area (Å²) in [6, 6.07) is 14.4. The van der Waals surface area contributed by atoms with Crippen LogP contribution in [0.2, 0.25) is 0 Å². The van der Waals surface area contributed by atoms with E-state index in [0.717, 1.165) is 50.9 Å². The second-order valence-electron chi connectivity index (χ2n) is 7.54. The number of nitrogens with zero attached hydrogens (tertiary/aromatic N) is 6. The molecule has 26 heavy (non-hydrogen) atoms. The maximum Gasteiger partial charge on any atom is 0.0802 e. The molecule has 4 saturated heterocycles. The fourth-order valence-corrected chi connectivity index (χ4v) is 4.61. The lowest BCUT2D eigenvalue weighted by molar-refractivity contribution is -0.149. The molecule has 1 aromatic heterocycles. The Balaban J connectivity index is 1.53. The minimum Gasteiger partial charge on any atom is -0.276 e. The molecule has 132 valence electrons. The first-order valence-electron chi connectivity index (χ1n) is 9.05. The van der Waals surface area contributed by atoms with Gasteiger partial charge in [-0.3, -0.25) is 19.7 Å². The topological polar surface area (TPSA) is 47.3 Å². The molecule has 0 aliphatic carbocycles. The average Bonchev–Trinajstić information content (AvgIpc) is 2.65. The summed E-state index contributed by atoms with van der Waals surface area (Å²) >= 11 is 0. The first kappa shape index (κ1) is 15.8. The summed E-state index contributed by atoms with van der Waals surface area (Å²) in [6.45, 7) is 6.36. The summed E-state index contributed by atoms with van der Waals surface area (Å²) in [4.78, 5) is 11.7. The highest BCUT2D eigenvalue weighted by atomic mass is 15.5. The van der Waals surface area contributed by atoms with Gasteiger partial charge in [0.15, 0.2) is 0 Å². The van der Waals surface area contributed by atoms with Gasteiger partial charge in [-0.2, -0.15) is 10.2 Å². The lowest BCUT2D eigenvalue weighted by atomic mass is 9.74. The number of pyridine rings is 1. The van der Waals surface area contributed by atoms with E-state index >= 15 is 0 Å². The highest BCUT2D eigenvalue weighted by Gasteiger charge is 2.51. The van der Waals surface area contributed by atoms with Gasteiger partial charge in [0.2, 0.25) is 0 Å². The van der Waals surface area contributed by atoms with Crippen LogP contribution in [0.4, 0.5) is 0 Å². The van der Waals surface area contributed by atoms with Gasteiger partial charge in [0.25, 0.3) is 0 Å². The van der Waals surface area contributed by atoms with Crippen LogP contribution in [0.15, 0.2) is 65.1 Å². The number of hydrogen-bond donors (Lipinski definition) is 0. The van der Waals surface area contributed by atoms with Crippen LogP contribution in [0.25, 0.3) is 0 Å². The molecular weight excluding hydrogens is 324 g/mol. The van der Waals surface area contributed by atoms with Gasteiger partial charge in [0.05, 0.1) is 37.3 Å². The number of benzene rings is 1. The molecular formula is C20H22N6. The minimum atomic E-state index is 0.0163. The zero-order chi connectivity index (χ0) is 17.4. The van der Waals surface area contributed by atoms with Crippen molar-refractivity contribution in [2.75, 3.05) is 39.6 Å². The van der Waals surface area contributed by atoms with E-state index in [1.54, 1.807) is 18.6 Å². The van der Waals surface area contributed by atoms with E-state index in [-0.39, 0.29) is 5.41 Å². The molecule has 0 amide bonds. The zero-order valence-electron chi connectivity index (χ0n) is 14.7. The summed E-state index contributed by atoms with van der Waals surface area (Å²) in [6.07, 6.45) is 5.36. The first-order chi connectivity index (χ1) is 12.8. The van der Waals surface area contributed by atoms with Crippen LogP contribution >= 0.6 is 0 Å². The largest absolute Gasteiger partial charge is 0.276 e. The molecule has 0 spiro atoms. The molecule has 6 heteroatoms. The van der Waals surface area contributed by atoms with Gasteiger partial charge in [-0.15, -0.1) is 0 Å². The third-order valence-corrected chi connectivity index (χ3v) is 5.38. The van der Waals surface area contributed by atoms with Gasteiger partial charge in [-0.05, 0) is 11.6 Å². The Morgan fingerprint density at radius 1 is 0.923 bits per heavy atom. The van der Waals surface area contributed by atoms with Crippen molar-refractivity contribution in [1.82, 2.24) is 19.7 Å². The van der Waals surface area contributed by atoms with E-state index in [9.17, 15) is 0 Å². The van der Waals surface area contributed by atoms with Crippen molar-refractivity contribution < 1.29 is 0 Å². The molecule has 5 heterocycles. The Labute approximate surface area is 153 Å². The van der Waals surface area contributed by atoms with Crippen molar-refractivity contribution in [3.05, 3.63) is 66.0 Å². The van der Waals surface area contributed by atoms with Crippen molar-refractivity contribution in [3.8, 4) is 0 Å². The maximum atomic E-state index is 4.76. The predicted octanol–water partition coefficient (Wildman–Crippen LogP) is 1.71. The molecule has 0 atom stereocenters. The Morgan fingerprint density at radius 2 is 1.62 bits per heavy atom. The fraction of sp³-hybridized carbons (Fsp3) is 0.350. The summed E-state index contributed by atoms with van der Waals surface area (Å²) in [7, 11) is 0. The van der Waals surface area contributed by atoms with Crippen LogP contribution in [-0.4, -0.2) is 71.3 Å². The molecule has 4 bridgehead atoms. The molecule has 0 saturated carbocycles. The monoisotopic (exact) mass is 346 g/mol. The van der Waals surface area contributed by atoms with Crippen molar-refractivity contribution in [3.63, 3.8) is 0 Å². The molecule has 4 aliphatic heterocycles. The highest BCUT2D eigenvalue weighted by molar-refractivity contribution is 6.05. The molecule has 6 rings (SSSR count). The van der Waals surface area contributed by atoms with Crippen LogP contribution in [0.5, 0.6) is 0 Å². The average molecular weight is 346 g/mol. The van der Waals surface area contributed by atoms with Crippen LogP contribution in [0, 0.1) is 5.41 Å². The van der Waals surface area contributed by atoms with Crippen molar-refractivity contribution in [1.29, 1.82) is 0 Å². The lowest BCUT2D eigenvalue weighted by Crippen LogP contribution is -2.74. The molecule has 0 unspecified atom stereocenters. The quantitative estimate of drug-likeness (QED) is 0.625. The smallest absolute Gasteiger partial charge is 0.0802 e. The van der Waals surface area contributed by atoms with Crippen molar-refractivity contribution in [2.45, 2.75) is 0 Å². The molecule has 1 aromatic carbocycles. The van der Waals surface area contributed by atoms with Crippen LogP contribution in [-0.2, 0) is 0 Å². The standard InChI is InChI=1S/C20H22N6/c1-2-6-18(7-3-1)19(23-22-10-17-5-4-8-21-9-17)20-11-24-14-25(12-20)16-26(13-20)15-24/h1-10H,11-16H2/b22-10+,23-19-. The number of rotatable bonds is 4. The first-order valence-corrected chi connectivity index (χ1v) is 9.05. The SMILES string of the molecule is C(=N\N=C(\c1ccccc1)C12CN3CN(CN(C3)C1)C2)/c1cccnc1. The molecule has 4 fully saturated rings. The summed E-state index contributed by atoms with van der Waals surface area (Å²) < 4.78 is 0. The van der Waals surface area contributed by atoms with E-state index in [1.807, 2.05) is 12.1 Å². The van der Waals surface area contributed by atoms with Gasteiger partial charge < -0.3 is 0 Å². The van der Waals surface area contributed by atoms with Gasteiger partial charge in [-0.25, -0.2) is 0 Å². The Bertz CT molecular complexity index is 795. The third kappa shape index (κ3) is 2.86. The van der Waals surface area contributed by atoms with Crippen molar-refractivity contribution in [2.24, 2.45) is 15.6 Å². The van der Waals surface area contributed by atoms with Crippen LogP contribution in [0.3, 0.4) is 0 Å². The Morgan fingerprint density at radius 3 is 2.23 bits per heavy atom. The summed E-state index contributed by atoms with van der Waals surface area (Å²) in [5.41, 5.74) is 3.24. The maximum absolute atomic E-state index is 4.76. The van der Waals surface area contributed by atoms with Crippen LogP contribution < -0.4 is 0 Å². The molecule has 4 aliphatic rings. The molecule has 6 nitrogen and oxygen atoms in total. The second kappa shape index (κ2) is 6.39. The molecule has 0 radical (unpaired) electrons. The lowest BCUT2D eigenvalue weighted by Gasteiger charge is -2.60. The van der Waals surface area contributed by atoms with Gasteiger partial charge in [0, 0.05) is 37.6 Å². The minimum absolute atomic E-state index is 0.0163. The van der Waals surface area contributed by atoms with Gasteiger partial charge in [-0.1, -0.05) is 36.4 Å². The van der Waals surface area contributed by atoms with Gasteiger partial charge in [0.1, 0.15) is 0 Å². The van der Waals surface area contributed by atoms with E-state index in [0.29, 0.717) is 0 Å². The number of hydrogen-bond acceptors (Lipinski definition) is 6. The van der Waals surface area contributed by atoms with E-state index in [4.69, 9.17) is 5.10 Å². The zero-order valence-corrected chi connectivity index (χ0v) is 14.7. The number of aromatic nitrogens is 1. The summed E-state index contributed by atoms with van der Waals surface area (Å²) in [5, 5.41) is 9.20. The normalized spacial score (nSPS) is 33.1. The van der Waals surface area contributed by atoms with Gasteiger partial charge >= 0.3 is 0 Å². The fourth-order valence-electron chi connectivity index (χ4n) is 4.61. The van der Waals surface area contributed by atoms with E-state index in [2.05, 4.69) is 55.1 Å². The molecule has 0 N–H and O–H groups in total. The summed E-state index contributed by atoms with van der Waals surface area (Å²) in [5.74, 6) is 0. The van der Waals surface area contributed by atoms with E-state index in [1.165, 1.54) is 5.56 Å². The highest BCUT2D eigenvalue weighted by Crippen LogP contribution is 2.38. The van der Waals surface area contributed by atoms with E-state index < -0.39 is 0 Å². The third-order valence-electron chi connectivity index (χ3n) is 5.38. The Kier molecular flexibility index (Phi) is 3.89. The molecule has 2 aromatic rings. The predicted molar refractivity (Wildman–Crippen MR) is 102 cm³/mol. The second-order valence-corrected chi connectivity index (χ2v) is 7.54. The Hall–Kier alpha value is -2.41.